The van der Waals surface area contributed by atoms with Crippen LogP contribution in [0.5, 0.6) is 0 Å². The molecule has 1 fully saturated rings. The van der Waals surface area contributed by atoms with Gasteiger partial charge in [-0.1, -0.05) is 6.92 Å². The highest BCUT2D eigenvalue weighted by atomic mass is 127. The van der Waals surface area contributed by atoms with E-state index in [4.69, 9.17) is 11.6 Å². The summed E-state index contributed by atoms with van der Waals surface area (Å²) in [4.78, 5) is 14.0. The summed E-state index contributed by atoms with van der Waals surface area (Å²) in [5.41, 5.74) is 0.799. The van der Waals surface area contributed by atoms with Gasteiger partial charge in [0.1, 0.15) is 0 Å². The molecule has 2 nitrogen and oxygen atoms in total. The number of hydrogen-bond acceptors (Lipinski definition) is 2. The zero-order valence-corrected chi connectivity index (χ0v) is 12.7. The van der Waals surface area contributed by atoms with Crippen molar-refractivity contribution in [2.24, 2.45) is 5.92 Å². The van der Waals surface area contributed by atoms with Gasteiger partial charge >= 0.3 is 0 Å². The van der Waals surface area contributed by atoms with E-state index in [0.29, 0.717) is 12.5 Å². The van der Waals surface area contributed by atoms with Gasteiger partial charge in [-0.15, -0.1) is 22.9 Å². The number of carbonyl (C=O) groups excluding carboxylic acids is 1. The molecule has 0 spiro atoms. The van der Waals surface area contributed by atoms with Crippen LogP contribution in [0.25, 0.3) is 0 Å². The largest absolute Gasteiger partial charge is 0.337 e. The molecule has 2 rings (SSSR count). The number of nitrogens with zero attached hydrogens (tertiary/aromatic N) is 1. The topological polar surface area (TPSA) is 20.3 Å². The van der Waals surface area contributed by atoms with Crippen LogP contribution in [0.4, 0.5) is 0 Å². The summed E-state index contributed by atoms with van der Waals surface area (Å²) in [6.07, 6.45) is 1.00. The van der Waals surface area contributed by atoms with Crippen LogP contribution in [-0.4, -0.2) is 29.3 Å². The van der Waals surface area contributed by atoms with E-state index in [9.17, 15) is 4.79 Å². The van der Waals surface area contributed by atoms with Crippen molar-refractivity contribution in [3.8, 4) is 0 Å². The second-order valence-corrected chi connectivity index (χ2v) is 7.54. The van der Waals surface area contributed by atoms with Crippen LogP contribution >= 0.6 is 45.5 Å². The first-order chi connectivity index (χ1) is 7.58. The highest BCUT2D eigenvalue weighted by Gasteiger charge is 2.28. The van der Waals surface area contributed by atoms with Gasteiger partial charge < -0.3 is 4.90 Å². The van der Waals surface area contributed by atoms with Gasteiger partial charge in [0.2, 0.25) is 0 Å². The Bertz CT molecular complexity index is 395. The second-order valence-electron chi connectivity index (χ2n) is 4.17. The fourth-order valence-corrected chi connectivity index (χ4v) is 3.42. The van der Waals surface area contributed by atoms with E-state index < -0.39 is 0 Å². The Morgan fingerprint density at radius 1 is 1.69 bits per heavy atom. The lowest BCUT2D eigenvalue weighted by Gasteiger charge is -2.33. The maximum Gasteiger partial charge on any atom is 0.254 e. The maximum atomic E-state index is 12.1. The average Bonchev–Trinajstić information content (AvgIpc) is 2.68. The van der Waals surface area contributed by atoms with Crippen molar-refractivity contribution in [1.82, 2.24) is 4.90 Å². The molecule has 0 saturated carbocycles. The minimum absolute atomic E-state index is 0.0930. The molecule has 0 aromatic carbocycles. The first-order valence-electron chi connectivity index (χ1n) is 5.25. The van der Waals surface area contributed by atoms with Crippen molar-refractivity contribution in [1.29, 1.82) is 0 Å². The quantitative estimate of drug-likeness (QED) is 0.548. The predicted molar refractivity (Wildman–Crippen MR) is 76.4 cm³/mol. The Morgan fingerprint density at radius 3 is 3.00 bits per heavy atom. The Morgan fingerprint density at radius 2 is 2.44 bits per heavy atom. The smallest absolute Gasteiger partial charge is 0.254 e. The molecule has 16 heavy (non-hydrogen) atoms. The average molecular weight is 370 g/mol. The highest BCUT2D eigenvalue weighted by molar-refractivity contribution is 14.1. The zero-order valence-electron chi connectivity index (χ0n) is 8.95. The van der Waals surface area contributed by atoms with E-state index >= 15 is 0 Å². The van der Waals surface area contributed by atoms with Crippen LogP contribution in [0.3, 0.4) is 0 Å². The van der Waals surface area contributed by atoms with Crippen LogP contribution in [-0.2, 0) is 0 Å². The van der Waals surface area contributed by atoms with Gasteiger partial charge in [-0.05, 0) is 41.0 Å². The lowest BCUT2D eigenvalue weighted by molar-refractivity contribution is 0.0702. The van der Waals surface area contributed by atoms with Gasteiger partial charge in [-0.2, -0.15) is 0 Å². The third-order valence-electron chi connectivity index (χ3n) is 2.97. The van der Waals surface area contributed by atoms with Crippen molar-refractivity contribution in [3.05, 3.63) is 19.9 Å². The monoisotopic (exact) mass is 369 g/mol. The summed E-state index contributed by atoms with van der Waals surface area (Å²) in [6, 6.07) is 1.94. The number of likely N-dealkylation sites (tertiary alicyclic amines) is 1. The van der Waals surface area contributed by atoms with Gasteiger partial charge in [-0.25, -0.2) is 0 Å². The van der Waals surface area contributed by atoms with Crippen LogP contribution in [0.1, 0.15) is 23.7 Å². The summed E-state index contributed by atoms with van der Waals surface area (Å²) in [6.45, 7) is 3.65. The molecule has 1 saturated heterocycles. The third kappa shape index (κ3) is 2.71. The summed E-state index contributed by atoms with van der Waals surface area (Å²) in [5.74, 6) is 0.630. The minimum Gasteiger partial charge on any atom is -0.337 e. The van der Waals surface area contributed by atoms with Gasteiger partial charge in [0.15, 0.2) is 0 Å². The normalized spacial score (nSPS) is 25.8. The Labute approximate surface area is 118 Å². The highest BCUT2D eigenvalue weighted by Crippen LogP contribution is 2.24. The summed E-state index contributed by atoms with van der Waals surface area (Å²) < 4.78 is 1.15. The Hall–Kier alpha value is 0.190. The molecular formula is C11H13ClINOS. The van der Waals surface area contributed by atoms with Crippen molar-refractivity contribution in [2.45, 2.75) is 18.7 Å². The molecular weight excluding hydrogens is 357 g/mol. The number of piperidine rings is 1. The predicted octanol–water partition coefficient (Wildman–Crippen LogP) is 3.44. The lowest BCUT2D eigenvalue weighted by Crippen LogP contribution is -2.43. The van der Waals surface area contributed by atoms with Crippen LogP contribution in [0, 0.1) is 8.80 Å². The van der Waals surface area contributed by atoms with Crippen molar-refractivity contribution >= 4 is 51.4 Å². The van der Waals surface area contributed by atoms with E-state index in [0.717, 1.165) is 21.4 Å². The fraction of sp³-hybridized carbons (Fsp3) is 0.545. The summed E-state index contributed by atoms with van der Waals surface area (Å²) in [5, 5.41) is 2.01. The molecule has 0 N–H and O–H groups in total. The second kappa shape index (κ2) is 5.23. The van der Waals surface area contributed by atoms with E-state index in [-0.39, 0.29) is 11.3 Å². The molecule has 2 heterocycles. The van der Waals surface area contributed by atoms with Crippen molar-refractivity contribution in [2.75, 3.05) is 13.1 Å². The lowest BCUT2D eigenvalue weighted by atomic mass is 9.98. The first-order valence-corrected chi connectivity index (χ1v) is 7.65. The molecule has 2 unspecified atom stereocenters. The molecule has 0 radical (unpaired) electrons. The van der Waals surface area contributed by atoms with Crippen molar-refractivity contribution in [3.63, 3.8) is 0 Å². The molecule has 88 valence electrons. The fourth-order valence-electron chi connectivity index (χ4n) is 1.81. The summed E-state index contributed by atoms with van der Waals surface area (Å²) >= 11 is 10.0. The Kier molecular flexibility index (Phi) is 4.13. The number of hydrogen-bond donors (Lipinski definition) is 0. The summed E-state index contributed by atoms with van der Waals surface area (Å²) in [7, 11) is 0. The number of halogens is 2. The van der Waals surface area contributed by atoms with E-state index in [1.165, 1.54) is 0 Å². The van der Waals surface area contributed by atoms with Crippen LogP contribution in [0.2, 0.25) is 0 Å². The SMILES string of the molecule is CC1CCN(C(=O)c2csc(I)c2)CC1Cl. The van der Waals surface area contributed by atoms with Gasteiger partial charge in [0.25, 0.3) is 5.91 Å². The molecule has 2 atom stereocenters. The number of alkyl halides is 1. The standard InChI is InChI=1S/C11H13ClINOS/c1-7-2-3-14(5-9(7)12)11(15)8-4-10(13)16-6-8/h4,6-7,9H,2-3,5H2,1H3. The minimum atomic E-state index is 0.0930. The zero-order chi connectivity index (χ0) is 11.7. The molecule has 0 aliphatic carbocycles. The maximum absolute atomic E-state index is 12.1. The Balaban J connectivity index is 2.06. The molecule has 1 aliphatic rings. The first kappa shape index (κ1) is 12.6. The van der Waals surface area contributed by atoms with Crippen LogP contribution < -0.4 is 0 Å². The molecule has 1 aromatic heterocycles. The van der Waals surface area contributed by atoms with Crippen LogP contribution in [0.15, 0.2) is 11.4 Å². The number of amides is 1. The van der Waals surface area contributed by atoms with E-state index in [1.807, 2.05) is 16.3 Å². The van der Waals surface area contributed by atoms with Gasteiger partial charge in [-0.3, -0.25) is 4.79 Å². The number of thiophene rings is 1. The molecule has 1 aliphatic heterocycles. The molecule has 0 bridgehead atoms. The molecule has 1 amide bonds. The van der Waals surface area contributed by atoms with Gasteiger partial charge in [0, 0.05) is 18.5 Å². The number of carbonyl (C=O) groups is 1. The molecule has 5 heteroatoms. The third-order valence-corrected chi connectivity index (χ3v) is 5.33. The number of rotatable bonds is 1. The molecule has 1 aromatic rings. The van der Waals surface area contributed by atoms with Gasteiger partial charge in [0.05, 0.1) is 13.8 Å². The van der Waals surface area contributed by atoms with Crippen molar-refractivity contribution < 1.29 is 4.79 Å². The van der Waals surface area contributed by atoms with E-state index in [1.54, 1.807) is 11.3 Å². The van der Waals surface area contributed by atoms with E-state index in [2.05, 4.69) is 29.5 Å².